The van der Waals surface area contributed by atoms with Crippen LogP contribution in [0, 0.1) is 0 Å². The molecule has 5 heteroatoms. The second-order valence-electron chi connectivity index (χ2n) is 3.09. The number of rotatable bonds is 5. The van der Waals surface area contributed by atoms with E-state index >= 15 is 0 Å². The van der Waals surface area contributed by atoms with Crippen LogP contribution in [0.25, 0.3) is 0 Å². The van der Waals surface area contributed by atoms with Crippen LogP contribution in [0.15, 0.2) is 21.2 Å². The van der Waals surface area contributed by atoms with E-state index in [4.69, 9.17) is 4.42 Å². The summed E-state index contributed by atoms with van der Waals surface area (Å²) in [5.41, 5.74) is 0. The Morgan fingerprint density at radius 1 is 1.60 bits per heavy atom. The first-order valence-corrected chi connectivity index (χ1v) is 5.48. The summed E-state index contributed by atoms with van der Waals surface area (Å²) in [6.07, 6.45) is 0. The average Bonchev–Trinajstić information content (AvgIpc) is 2.62. The molecule has 1 aromatic heterocycles. The van der Waals surface area contributed by atoms with E-state index in [1.165, 1.54) is 7.11 Å². The fourth-order valence-corrected chi connectivity index (χ4v) is 1.52. The van der Waals surface area contributed by atoms with Crippen LogP contribution in [0.4, 0.5) is 0 Å². The smallest absolute Gasteiger partial charge is 0.319 e. The van der Waals surface area contributed by atoms with E-state index in [0.29, 0.717) is 11.2 Å². The number of halogens is 1. The Bertz CT molecular complexity index is 324. The first-order valence-electron chi connectivity index (χ1n) is 4.69. The Labute approximate surface area is 97.3 Å². The molecule has 0 saturated carbocycles. The van der Waals surface area contributed by atoms with Gasteiger partial charge in [0.1, 0.15) is 5.76 Å². The van der Waals surface area contributed by atoms with Crippen LogP contribution in [0.5, 0.6) is 0 Å². The zero-order valence-corrected chi connectivity index (χ0v) is 10.4. The summed E-state index contributed by atoms with van der Waals surface area (Å²) in [6.45, 7) is 3.65. The number of esters is 1. The lowest BCUT2D eigenvalue weighted by molar-refractivity contribution is -0.142. The minimum absolute atomic E-state index is 0.234. The Kier molecular flexibility index (Phi) is 4.84. The van der Waals surface area contributed by atoms with Gasteiger partial charge in [0.2, 0.25) is 0 Å². The fourth-order valence-electron chi connectivity index (χ4n) is 1.18. The van der Waals surface area contributed by atoms with Crippen molar-refractivity contribution in [3.05, 3.63) is 22.6 Å². The molecule has 15 heavy (non-hydrogen) atoms. The number of hydrogen-bond acceptors (Lipinski definition) is 4. The van der Waals surface area contributed by atoms with Gasteiger partial charge in [0, 0.05) is 0 Å². The first kappa shape index (κ1) is 12.3. The highest BCUT2D eigenvalue weighted by atomic mass is 79.9. The molecule has 0 amide bonds. The molecule has 0 radical (unpaired) electrons. The molecular formula is C10H14BrNO3. The standard InChI is InChI=1S/C10H14BrNO3/c1-3-12(7-10(13)14-2)6-8-4-5-9(11)15-8/h4-5H,3,6-7H2,1-2H3. The minimum Gasteiger partial charge on any atom is -0.468 e. The Morgan fingerprint density at radius 2 is 2.33 bits per heavy atom. The topological polar surface area (TPSA) is 42.7 Å². The summed E-state index contributed by atoms with van der Waals surface area (Å²) in [5.74, 6) is 0.593. The highest BCUT2D eigenvalue weighted by molar-refractivity contribution is 9.10. The zero-order chi connectivity index (χ0) is 11.3. The molecule has 0 saturated heterocycles. The quantitative estimate of drug-likeness (QED) is 0.772. The van der Waals surface area contributed by atoms with Gasteiger partial charge in [-0.25, -0.2) is 0 Å². The number of furan rings is 1. The van der Waals surface area contributed by atoms with Crippen LogP contribution in [-0.2, 0) is 16.1 Å². The summed E-state index contributed by atoms with van der Waals surface area (Å²) >= 11 is 3.23. The van der Waals surface area contributed by atoms with Crippen molar-refractivity contribution >= 4 is 21.9 Å². The second kappa shape index (κ2) is 5.92. The molecule has 1 aromatic rings. The molecule has 0 aliphatic heterocycles. The van der Waals surface area contributed by atoms with Crippen molar-refractivity contribution in [3.63, 3.8) is 0 Å². The lowest BCUT2D eigenvalue weighted by Crippen LogP contribution is -2.29. The molecule has 0 aromatic carbocycles. The van der Waals surface area contributed by atoms with Crippen LogP contribution in [-0.4, -0.2) is 31.1 Å². The van der Waals surface area contributed by atoms with Crippen molar-refractivity contribution in [1.82, 2.24) is 4.90 Å². The number of nitrogens with zero attached hydrogens (tertiary/aromatic N) is 1. The Balaban J connectivity index is 2.50. The number of hydrogen-bond donors (Lipinski definition) is 0. The summed E-state index contributed by atoms with van der Waals surface area (Å²) < 4.78 is 10.7. The van der Waals surface area contributed by atoms with Gasteiger partial charge >= 0.3 is 5.97 Å². The molecule has 1 rings (SSSR count). The van der Waals surface area contributed by atoms with Crippen molar-refractivity contribution in [1.29, 1.82) is 0 Å². The molecule has 0 spiro atoms. The van der Waals surface area contributed by atoms with E-state index in [0.717, 1.165) is 12.3 Å². The largest absolute Gasteiger partial charge is 0.468 e. The normalized spacial score (nSPS) is 10.7. The summed E-state index contributed by atoms with van der Waals surface area (Å²) in [7, 11) is 1.39. The molecule has 0 N–H and O–H groups in total. The summed E-state index contributed by atoms with van der Waals surface area (Å²) in [4.78, 5) is 13.0. The molecule has 4 nitrogen and oxygen atoms in total. The molecule has 84 valence electrons. The Morgan fingerprint density at radius 3 is 2.80 bits per heavy atom. The molecule has 0 aliphatic carbocycles. The lowest BCUT2D eigenvalue weighted by atomic mass is 10.4. The van der Waals surface area contributed by atoms with Crippen molar-refractivity contribution in [2.24, 2.45) is 0 Å². The highest BCUT2D eigenvalue weighted by Crippen LogP contribution is 2.15. The molecule has 0 unspecified atom stereocenters. The van der Waals surface area contributed by atoms with Gasteiger partial charge in [-0.15, -0.1) is 0 Å². The van der Waals surface area contributed by atoms with Gasteiger partial charge in [-0.2, -0.15) is 0 Å². The Hall–Kier alpha value is -0.810. The average molecular weight is 276 g/mol. The number of likely N-dealkylation sites (N-methyl/N-ethyl adjacent to an activating group) is 1. The molecule has 0 aliphatic rings. The first-order chi connectivity index (χ1) is 7.15. The minimum atomic E-state index is -0.234. The van der Waals surface area contributed by atoms with E-state index in [9.17, 15) is 4.79 Å². The third-order valence-corrected chi connectivity index (χ3v) is 2.46. The lowest BCUT2D eigenvalue weighted by Gasteiger charge is -2.16. The van der Waals surface area contributed by atoms with Gasteiger partial charge in [0.25, 0.3) is 0 Å². The fraction of sp³-hybridized carbons (Fsp3) is 0.500. The SMILES string of the molecule is CCN(CC(=O)OC)Cc1ccc(Br)o1. The predicted octanol–water partition coefficient (Wildman–Crippen LogP) is 2.04. The van der Waals surface area contributed by atoms with Crippen molar-refractivity contribution in [2.75, 3.05) is 20.2 Å². The number of carbonyl (C=O) groups is 1. The van der Waals surface area contributed by atoms with Crippen molar-refractivity contribution in [2.45, 2.75) is 13.5 Å². The summed E-state index contributed by atoms with van der Waals surface area (Å²) in [5, 5.41) is 0. The van der Waals surface area contributed by atoms with Gasteiger partial charge in [0.05, 0.1) is 20.2 Å². The van der Waals surface area contributed by atoms with E-state index in [-0.39, 0.29) is 12.5 Å². The third-order valence-electron chi connectivity index (χ3n) is 2.04. The molecular weight excluding hydrogens is 262 g/mol. The van der Waals surface area contributed by atoms with E-state index in [2.05, 4.69) is 20.7 Å². The predicted molar refractivity (Wildman–Crippen MR) is 59.4 cm³/mol. The van der Waals surface area contributed by atoms with Crippen molar-refractivity contribution < 1.29 is 13.9 Å². The van der Waals surface area contributed by atoms with Gasteiger partial charge in [-0.1, -0.05) is 6.92 Å². The number of methoxy groups -OCH3 is 1. The van der Waals surface area contributed by atoms with Gasteiger partial charge < -0.3 is 9.15 Å². The maximum Gasteiger partial charge on any atom is 0.319 e. The van der Waals surface area contributed by atoms with E-state index < -0.39 is 0 Å². The van der Waals surface area contributed by atoms with E-state index in [1.807, 2.05) is 24.0 Å². The molecule has 0 bridgehead atoms. The van der Waals surface area contributed by atoms with Gasteiger partial charge in [0.15, 0.2) is 4.67 Å². The highest BCUT2D eigenvalue weighted by Gasteiger charge is 2.11. The number of carbonyl (C=O) groups excluding carboxylic acids is 1. The second-order valence-corrected chi connectivity index (χ2v) is 3.87. The summed E-state index contributed by atoms with van der Waals surface area (Å²) in [6, 6.07) is 3.71. The van der Waals surface area contributed by atoms with Crippen molar-refractivity contribution in [3.8, 4) is 0 Å². The molecule has 1 heterocycles. The maximum atomic E-state index is 11.1. The third kappa shape index (κ3) is 4.05. The van der Waals surface area contributed by atoms with Crippen LogP contribution >= 0.6 is 15.9 Å². The maximum absolute atomic E-state index is 11.1. The van der Waals surface area contributed by atoms with E-state index in [1.54, 1.807) is 0 Å². The molecule has 0 fully saturated rings. The monoisotopic (exact) mass is 275 g/mol. The van der Waals surface area contributed by atoms with Gasteiger partial charge in [-0.3, -0.25) is 9.69 Å². The zero-order valence-electron chi connectivity index (χ0n) is 8.83. The van der Waals surface area contributed by atoms with Gasteiger partial charge in [-0.05, 0) is 34.6 Å². The molecule has 0 atom stereocenters. The van der Waals surface area contributed by atoms with Crippen LogP contribution in [0.2, 0.25) is 0 Å². The number of ether oxygens (including phenoxy) is 1. The van der Waals surface area contributed by atoms with Crippen LogP contribution < -0.4 is 0 Å². The van der Waals surface area contributed by atoms with Crippen LogP contribution in [0.3, 0.4) is 0 Å². The van der Waals surface area contributed by atoms with Crippen LogP contribution in [0.1, 0.15) is 12.7 Å².